The summed E-state index contributed by atoms with van der Waals surface area (Å²) in [6, 6.07) is 23.2. The highest BCUT2D eigenvalue weighted by Gasteiger charge is 2.42. The Balaban J connectivity index is 1.60. The Hall–Kier alpha value is -3.59. The molecule has 0 saturated carbocycles. The van der Waals surface area contributed by atoms with Crippen molar-refractivity contribution in [2.75, 3.05) is 32.3 Å². The predicted molar refractivity (Wildman–Crippen MR) is 149 cm³/mol. The van der Waals surface area contributed by atoms with Crippen LogP contribution in [0.1, 0.15) is 23.5 Å². The number of pyridine rings is 1. The predicted octanol–water partition coefficient (Wildman–Crippen LogP) is 5.74. The number of para-hydroxylation sites is 2. The fraction of sp³-hybridized carbons (Fsp3) is 0.214. The lowest BCUT2D eigenvalue weighted by molar-refractivity contribution is 0.146. The Kier molecular flexibility index (Phi) is 7.60. The molecule has 4 aromatic rings. The SMILES string of the molecule is COCCOc1ccc(N2C(=S)N[C@@H](c3ccccn3)[C@@H]2c2cccn2-c2ccccc2OC)cc1Cl. The number of benzene rings is 2. The molecule has 1 aliphatic rings. The molecule has 0 amide bonds. The van der Waals surface area contributed by atoms with Crippen molar-refractivity contribution in [3.63, 3.8) is 0 Å². The van der Waals surface area contributed by atoms with Gasteiger partial charge < -0.3 is 29.0 Å². The number of hydrogen-bond acceptors (Lipinski definition) is 5. The maximum absolute atomic E-state index is 6.64. The van der Waals surface area contributed by atoms with Crippen molar-refractivity contribution in [2.24, 2.45) is 0 Å². The summed E-state index contributed by atoms with van der Waals surface area (Å²) in [5, 5.41) is 4.58. The first-order valence-electron chi connectivity index (χ1n) is 11.8. The Morgan fingerprint density at radius 1 is 0.973 bits per heavy atom. The number of ether oxygens (including phenoxy) is 3. The molecule has 9 heteroatoms. The average molecular weight is 535 g/mol. The van der Waals surface area contributed by atoms with E-state index in [1.165, 1.54) is 0 Å². The molecule has 0 radical (unpaired) electrons. The van der Waals surface area contributed by atoms with Gasteiger partial charge in [-0.3, -0.25) is 4.98 Å². The van der Waals surface area contributed by atoms with Crippen LogP contribution in [-0.4, -0.2) is 42.1 Å². The molecular formula is C28H27ClN4O3S. The highest BCUT2D eigenvalue weighted by atomic mass is 35.5. The van der Waals surface area contributed by atoms with Gasteiger partial charge in [0.25, 0.3) is 0 Å². The van der Waals surface area contributed by atoms with Gasteiger partial charge in [-0.25, -0.2) is 0 Å². The number of rotatable bonds is 9. The van der Waals surface area contributed by atoms with E-state index in [1.807, 2.05) is 72.9 Å². The standard InChI is InChI=1S/C28H27ClN4O3S/c1-34-16-17-36-24-13-12-19(18-20(24)29)33-27(26(31-28(33)37)21-8-5-6-14-30-21)23-10-7-15-32(23)22-9-3-4-11-25(22)35-2/h3-15,18,26-27H,16-17H2,1-2H3,(H,31,37)/t26-,27-/m0/s1. The summed E-state index contributed by atoms with van der Waals surface area (Å²) >= 11 is 12.5. The number of anilines is 1. The van der Waals surface area contributed by atoms with Crippen LogP contribution in [0.4, 0.5) is 5.69 Å². The monoisotopic (exact) mass is 534 g/mol. The van der Waals surface area contributed by atoms with E-state index in [1.54, 1.807) is 20.4 Å². The number of thiocarbonyl (C=S) groups is 1. The van der Waals surface area contributed by atoms with Crippen molar-refractivity contribution >= 4 is 34.6 Å². The molecule has 2 atom stereocenters. The Morgan fingerprint density at radius 3 is 2.57 bits per heavy atom. The van der Waals surface area contributed by atoms with Crippen LogP contribution in [0.5, 0.6) is 11.5 Å². The molecule has 5 rings (SSSR count). The van der Waals surface area contributed by atoms with Crippen LogP contribution >= 0.6 is 23.8 Å². The summed E-state index contributed by atoms with van der Waals surface area (Å²) in [5.74, 6) is 1.37. The molecule has 0 bridgehead atoms. The first kappa shape index (κ1) is 25.1. The number of nitrogens with zero attached hydrogens (tertiary/aromatic N) is 3. The van der Waals surface area contributed by atoms with Gasteiger partial charge in [0.1, 0.15) is 24.1 Å². The minimum atomic E-state index is -0.223. The summed E-state index contributed by atoms with van der Waals surface area (Å²) in [6.07, 6.45) is 3.82. The van der Waals surface area contributed by atoms with Crippen molar-refractivity contribution in [1.29, 1.82) is 0 Å². The molecule has 0 aliphatic carbocycles. The highest BCUT2D eigenvalue weighted by molar-refractivity contribution is 7.80. The zero-order valence-electron chi connectivity index (χ0n) is 20.5. The molecule has 0 spiro atoms. The molecule has 37 heavy (non-hydrogen) atoms. The number of methoxy groups -OCH3 is 2. The van der Waals surface area contributed by atoms with Crippen molar-refractivity contribution in [2.45, 2.75) is 12.1 Å². The summed E-state index contributed by atoms with van der Waals surface area (Å²) in [5.41, 5.74) is 3.68. The van der Waals surface area contributed by atoms with Gasteiger partial charge in [0.15, 0.2) is 5.11 Å². The van der Waals surface area contributed by atoms with E-state index in [0.29, 0.717) is 29.1 Å². The quantitative estimate of drug-likeness (QED) is 0.217. The van der Waals surface area contributed by atoms with E-state index in [0.717, 1.165) is 28.5 Å². The molecule has 2 aromatic carbocycles. The molecule has 1 fully saturated rings. The van der Waals surface area contributed by atoms with Gasteiger partial charge in [-0.2, -0.15) is 0 Å². The van der Waals surface area contributed by atoms with E-state index < -0.39 is 0 Å². The summed E-state index contributed by atoms with van der Waals surface area (Å²) < 4.78 is 18.6. The minimum absolute atomic E-state index is 0.200. The molecule has 7 nitrogen and oxygen atoms in total. The van der Waals surface area contributed by atoms with Crippen molar-refractivity contribution in [3.8, 4) is 17.2 Å². The van der Waals surface area contributed by atoms with Gasteiger partial charge in [0.2, 0.25) is 0 Å². The van der Waals surface area contributed by atoms with Crippen LogP contribution < -0.4 is 19.7 Å². The van der Waals surface area contributed by atoms with Gasteiger partial charge >= 0.3 is 0 Å². The Bertz CT molecular complexity index is 1380. The largest absolute Gasteiger partial charge is 0.495 e. The maximum atomic E-state index is 6.64. The van der Waals surface area contributed by atoms with Gasteiger partial charge in [-0.15, -0.1) is 0 Å². The number of hydrogen-bond donors (Lipinski definition) is 1. The van der Waals surface area contributed by atoms with Crippen LogP contribution in [0.15, 0.2) is 85.2 Å². The Morgan fingerprint density at radius 2 is 1.81 bits per heavy atom. The molecule has 3 heterocycles. The zero-order valence-corrected chi connectivity index (χ0v) is 22.1. The third-order valence-corrected chi connectivity index (χ3v) is 6.87. The topological polar surface area (TPSA) is 60.8 Å². The lowest BCUT2D eigenvalue weighted by Crippen LogP contribution is -2.30. The van der Waals surface area contributed by atoms with Gasteiger partial charge in [-0.1, -0.05) is 29.8 Å². The summed E-state index contributed by atoms with van der Waals surface area (Å²) in [7, 11) is 3.31. The van der Waals surface area contributed by atoms with Gasteiger partial charge in [-0.05, 0) is 66.8 Å². The first-order chi connectivity index (χ1) is 18.1. The normalized spacial score (nSPS) is 17.1. The number of halogens is 1. The van der Waals surface area contributed by atoms with Crippen LogP contribution in [0.3, 0.4) is 0 Å². The smallest absolute Gasteiger partial charge is 0.174 e. The fourth-order valence-electron chi connectivity index (χ4n) is 4.61. The van der Waals surface area contributed by atoms with Crippen molar-refractivity contribution in [1.82, 2.24) is 14.9 Å². The number of aromatic nitrogens is 2. The molecule has 1 aliphatic heterocycles. The second kappa shape index (κ2) is 11.2. The second-order valence-electron chi connectivity index (χ2n) is 8.43. The molecule has 1 N–H and O–H groups in total. The first-order valence-corrected chi connectivity index (χ1v) is 12.6. The minimum Gasteiger partial charge on any atom is -0.495 e. The summed E-state index contributed by atoms with van der Waals surface area (Å²) in [4.78, 5) is 6.74. The van der Waals surface area contributed by atoms with E-state index in [4.69, 9.17) is 38.0 Å². The average Bonchev–Trinajstić information content (AvgIpc) is 3.54. The highest BCUT2D eigenvalue weighted by Crippen LogP contribution is 2.44. The van der Waals surface area contributed by atoms with Crippen LogP contribution in [0.25, 0.3) is 5.69 Å². The third-order valence-electron chi connectivity index (χ3n) is 6.26. The lowest BCUT2D eigenvalue weighted by Gasteiger charge is -2.29. The molecular weight excluding hydrogens is 508 g/mol. The van der Waals surface area contributed by atoms with Crippen molar-refractivity contribution < 1.29 is 14.2 Å². The van der Waals surface area contributed by atoms with Crippen LogP contribution in [-0.2, 0) is 4.74 Å². The van der Waals surface area contributed by atoms with E-state index in [2.05, 4.69) is 25.8 Å². The van der Waals surface area contributed by atoms with Gasteiger partial charge in [0.05, 0.1) is 36.2 Å². The zero-order chi connectivity index (χ0) is 25.8. The molecule has 0 unspecified atom stereocenters. The molecule has 2 aromatic heterocycles. The Labute approximate surface area is 226 Å². The molecule has 190 valence electrons. The third kappa shape index (κ3) is 5.00. The van der Waals surface area contributed by atoms with E-state index >= 15 is 0 Å². The number of nitrogens with one attached hydrogen (secondary N) is 1. The van der Waals surface area contributed by atoms with E-state index in [9.17, 15) is 0 Å². The second-order valence-corrected chi connectivity index (χ2v) is 9.22. The fourth-order valence-corrected chi connectivity index (χ4v) is 5.18. The molecule has 1 saturated heterocycles. The van der Waals surface area contributed by atoms with E-state index in [-0.39, 0.29) is 12.1 Å². The maximum Gasteiger partial charge on any atom is 0.174 e. The van der Waals surface area contributed by atoms with Crippen LogP contribution in [0, 0.1) is 0 Å². The van der Waals surface area contributed by atoms with Crippen molar-refractivity contribution in [3.05, 3.63) is 102 Å². The lowest BCUT2D eigenvalue weighted by atomic mass is 10.0. The van der Waals surface area contributed by atoms with Crippen LogP contribution in [0.2, 0.25) is 5.02 Å². The summed E-state index contributed by atoms with van der Waals surface area (Å²) in [6.45, 7) is 0.891. The van der Waals surface area contributed by atoms with Gasteiger partial charge in [0, 0.05) is 30.9 Å².